The Labute approximate surface area is 548 Å². The highest BCUT2D eigenvalue weighted by atomic mass is 15.1. The zero-order chi connectivity index (χ0) is 62.9. The van der Waals surface area contributed by atoms with E-state index >= 15 is 0 Å². The van der Waals surface area contributed by atoms with Gasteiger partial charge in [-0.2, -0.15) is 0 Å². The van der Waals surface area contributed by atoms with E-state index in [0.717, 1.165) is 56.6 Å². The minimum Gasteiger partial charge on any atom is -0.310 e. The average Bonchev–Trinajstić information content (AvgIpc) is 0.922. The van der Waals surface area contributed by atoms with Crippen molar-refractivity contribution >= 4 is 99.3 Å². The molecule has 4 heteroatoms. The van der Waals surface area contributed by atoms with Gasteiger partial charge in [-0.3, -0.25) is 0 Å². The molecule has 0 N–H and O–H groups in total. The quantitative estimate of drug-likeness (QED) is 0.113. The molecule has 0 fully saturated rings. The van der Waals surface area contributed by atoms with Crippen molar-refractivity contribution in [3.63, 3.8) is 0 Å². The summed E-state index contributed by atoms with van der Waals surface area (Å²) in [6.45, 7) is 6.94. The molecule has 15 aromatic carbocycles. The highest BCUT2D eigenvalue weighted by Crippen LogP contribution is 2.48. The first-order chi connectivity index (χ1) is 46.3. The molecule has 0 unspecified atom stereocenters. The monoisotopic (exact) mass is 1200 g/mol. The number of aromatic nitrogens is 2. The predicted octanol–water partition coefficient (Wildman–Crippen LogP) is 25.1. The summed E-state index contributed by atoms with van der Waals surface area (Å²) in [5, 5.41) is 9.86. The Kier molecular flexibility index (Phi) is 13.7. The molecule has 2 heterocycles. The minimum atomic E-state index is -0.0495. The third-order valence-corrected chi connectivity index (χ3v) is 19.0. The van der Waals surface area contributed by atoms with Crippen molar-refractivity contribution in [1.29, 1.82) is 0 Å². The minimum absolute atomic E-state index is 0.0495. The number of hydrogen-bond acceptors (Lipinski definition) is 2. The maximum Gasteiger partial charge on any atom is 0.0542 e. The Morgan fingerprint density at radius 3 is 0.915 bits per heavy atom. The first-order valence-corrected chi connectivity index (χ1v) is 32.6. The van der Waals surface area contributed by atoms with E-state index in [4.69, 9.17) is 0 Å². The molecule has 0 spiro atoms. The summed E-state index contributed by atoms with van der Waals surface area (Å²) in [5.41, 5.74) is 24.5. The van der Waals surface area contributed by atoms with Crippen molar-refractivity contribution in [3.05, 3.63) is 351 Å². The van der Waals surface area contributed by atoms with Gasteiger partial charge in [-0.1, -0.05) is 239 Å². The molecular weight excluding hydrogens is 1140 g/mol. The van der Waals surface area contributed by atoms with E-state index in [2.05, 4.69) is 385 Å². The first kappa shape index (κ1) is 56.0. The Morgan fingerprint density at radius 2 is 0.511 bits per heavy atom. The molecule has 0 atom stereocenters. The summed E-state index contributed by atoms with van der Waals surface area (Å²) >= 11 is 0. The lowest BCUT2D eigenvalue weighted by Gasteiger charge is -2.26. The van der Waals surface area contributed by atoms with Crippen LogP contribution in [0.15, 0.2) is 346 Å². The van der Waals surface area contributed by atoms with Crippen molar-refractivity contribution < 1.29 is 0 Å². The van der Waals surface area contributed by atoms with Gasteiger partial charge in [0.25, 0.3) is 0 Å². The van der Waals surface area contributed by atoms with Gasteiger partial charge in [-0.05, 0) is 204 Å². The van der Waals surface area contributed by atoms with Crippen LogP contribution in [0.5, 0.6) is 0 Å². The summed E-state index contributed by atoms with van der Waals surface area (Å²) < 4.78 is 4.75. The number of nitrogens with zero attached hydrogens (tertiary/aromatic N) is 4. The number of hydrogen-bond donors (Lipinski definition) is 0. The van der Waals surface area contributed by atoms with Gasteiger partial charge >= 0.3 is 0 Å². The first-order valence-electron chi connectivity index (χ1n) is 32.6. The molecule has 0 bridgehead atoms. The lowest BCUT2D eigenvalue weighted by Crippen LogP contribution is -2.10. The van der Waals surface area contributed by atoms with Crippen LogP contribution in [0.4, 0.5) is 34.1 Å². The molecule has 0 saturated carbocycles. The van der Waals surface area contributed by atoms with Gasteiger partial charge in [0, 0.05) is 67.0 Å². The predicted molar refractivity (Wildman–Crippen MR) is 400 cm³/mol. The van der Waals surface area contributed by atoms with Crippen molar-refractivity contribution in [2.24, 2.45) is 0 Å². The summed E-state index contributed by atoms with van der Waals surface area (Å²) in [5.74, 6) is 0. The van der Waals surface area contributed by atoms with Gasteiger partial charge in [0.05, 0.1) is 22.1 Å². The van der Waals surface area contributed by atoms with Crippen molar-refractivity contribution in [1.82, 2.24) is 9.13 Å². The van der Waals surface area contributed by atoms with Crippen LogP contribution in [0.2, 0.25) is 0 Å². The van der Waals surface area contributed by atoms with E-state index in [1.807, 2.05) is 0 Å². The Hall–Kier alpha value is -12.0. The zero-order valence-corrected chi connectivity index (χ0v) is 52.7. The van der Waals surface area contributed by atoms with Gasteiger partial charge in [0.2, 0.25) is 0 Å². The van der Waals surface area contributed by atoms with E-state index in [1.165, 1.54) is 104 Å². The number of para-hydroxylation sites is 6. The maximum atomic E-state index is 2.46. The van der Waals surface area contributed by atoms with Crippen LogP contribution >= 0.6 is 0 Å². The maximum absolute atomic E-state index is 2.46. The molecule has 4 nitrogen and oxygen atoms in total. The van der Waals surface area contributed by atoms with Crippen molar-refractivity contribution in [2.45, 2.75) is 26.2 Å². The fourth-order valence-corrected chi connectivity index (χ4v) is 14.5. The highest BCUT2D eigenvalue weighted by Gasteiger charge is 2.23. The van der Waals surface area contributed by atoms with Gasteiger partial charge in [-0.25, -0.2) is 0 Å². The molecule has 0 saturated heterocycles. The largest absolute Gasteiger partial charge is 0.310 e. The second kappa shape index (κ2) is 23.1. The molecule has 0 aliphatic heterocycles. The van der Waals surface area contributed by atoms with Crippen LogP contribution in [-0.4, -0.2) is 9.13 Å². The fourth-order valence-electron chi connectivity index (χ4n) is 14.5. The average molecular weight is 1200 g/mol. The number of rotatable bonds is 12. The van der Waals surface area contributed by atoms with Crippen molar-refractivity contribution in [2.75, 3.05) is 9.80 Å². The number of anilines is 6. The molecular formula is C90H66N4. The molecule has 446 valence electrons. The van der Waals surface area contributed by atoms with E-state index < -0.39 is 0 Å². The molecule has 0 amide bonds. The molecule has 0 aliphatic rings. The van der Waals surface area contributed by atoms with E-state index in [-0.39, 0.29) is 5.41 Å². The summed E-state index contributed by atoms with van der Waals surface area (Å²) in [6.07, 6.45) is 0. The molecule has 0 radical (unpaired) electrons. The van der Waals surface area contributed by atoms with Crippen molar-refractivity contribution in [3.8, 4) is 55.9 Å². The van der Waals surface area contributed by atoms with E-state index in [0.29, 0.717) is 0 Å². The lowest BCUT2D eigenvalue weighted by atomic mass is 9.81. The third kappa shape index (κ3) is 9.78. The highest BCUT2D eigenvalue weighted by molar-refractivity contribution is 6.22. The zero-order valence-electron chi connectivity index (χ0n) is 52.7. The fraction of sp³-hybridized carbons (Fsp3) is 0.0444. The smallest absolute Gasteiger partial charge is 0.0542 e. The topological polar surface area (TPSA) is 16.3 Å². The normalized spacial score (nSPS) is 11.8. The standard InChI is InChI=1S/C90H66N4/c1-90(2,3)67-48-55-80-83(58-67)89(66-42-38-62(39-43-66)64-46-51-73(52-47-64)92(69-24-10-5-11-25-69)75-54-57-87-82(60-75)77-31-19-21-35-85(77)94(87)71-28-14-7-15-29-71)79-33-17-16-32-78(79)88(80)65-40-36-61(37-41-65)63-44-49-72(50-45-63)91(68-22-8-4-9-23-68)74-53-56-86-81(59-74)76-30-18-20-34-84(76)93(86)70-26-12-6-13-27-70/h4-60H,1-3H3. The van der Waals surface area contributed by atoms with Gasteiger partial charge in [0.15, 0.2) is 0 Å². The Balaban J connectivity index is 0.693. The number of fused-ring (bicyclic) bond motifs is 8. The number of benzene rings is 15. The summed E-state index contributed by atoms with van der Waals surface area (Å²) in [6, 6.07) is 127. The van der Waals surface area contributed by atoms with Crippen LogP contribution in [0.1, 0.15) is 26.3 Å². The molecule has 17 aromatic rings. The molecule has 94 heavy (non-hydrogen) atoms. The SMILES string of the molecule is CC(C)(C)c1ccc2c(-c3ccc(-c4ccc(N(c5ccccc5)c5ccc6c(c5)c5ccccc5n6-c5ccccc5)cc4)cc3)c3ccccc3c(-c3ccc(-c4ccc(N(c5ccccc5)c5ccc6c(c5)c5ccccc5n6-c5ccccc5)cc4)cc3)c2c1. The van der Waals surface area contributed by atoms with Crippen LogP contribution < -0.4 is 9.80 Å². The third-order valence-electron chi connectivity index (χ3n) is 19.0. The summed E-state index contributed by atoms with van der Waals surface area (Å²) in [7, 11) is 0. The van der Waals surface area contributed by atoms with Crippen LogP contribution in [-0.2, 0) is 5.41 Å². The van der Waals surface area contributed by atoms with Crippen LogP contribution in [0.3, 0.4) is 0 Å². The molecule has 2 aromatic heterocycles. The molecule has 0 aliphatic carbocycles. The second-order valence-corrected chi connectivity index (χ2v) is 25.7. The Bertz CT molecular complexity index is 5650. The van der Waals surface area contributed by atoms with E-state index in [9.17, 15) is 0 Å². The second-order valence-electron chi connectivity index (χ2n) is 25.7. The molecule has 17 rings (SSSR count). The lowest BCUT2D eigenvalue weighted by molar-refractivity contribution is 0.591. The van der Waals surface area contributed by atoms with Crippen LogP contribution in [0.25, 0.3) is 121 Å². The Morgan fingerprint density at radius 1 is 0.213 bits per heavy atom. The van der Waals surface area contributed by atoms with Gasteiger partial charge in [0.1, 0.15) is 0 Å². The van der Waals surface area contributed by atoms with Crippen LogP contribution in [0, 0.1) is 0 Å². The van der Waals surface area contributed by atoms with Gasteiger partial charge in [-0.15, -0.1) is 0 Å². The summed E-state index contributed by atoms with van der Waals surface area (Å²) in [4.78, 5) is 4.74. The van der Waals surface area contributed by atoms with Gasteiger partial charge < -0.3 is 18.9 Å². The van der Waals surface area contributed by atoms with E-state index in [1.54, 1.807) is 0 Å².